The summed E-state index contributed by atoms with van der Waals surface area (Å²) in [4.78, 5) is 16.7. The third kappa shape index (κ3) is 4.07. The molecule has 2 heterocycles. The minimum atomic E-state index is -0.276. The Balaban J connectivity index is 1.56. The van der Waals surface area contributed by atoms with Crippen LogP contribution in [0, 0.1) is 0 Å². The number of nitrogen functional groups attached to an aromatic ring is 1. The van der Waals surface area contributed by atoms with Gasteiger partial charge < -0.3 is 16.4 Å². The normalized spacial score (nSPS) is 11.1. The Morgan fingerprint density at radius 3 is 2.55 bits per heavy atom. The van der Waals surface area contributed by atoms with E-state index in [0.29, 0.717) is 17.4 Å². The van der Waals surface area contributed by atoms with E-state index in [9.17, 15) is 4.79 Å². The van der Waals surface area contributed by atoms with E-state index in [4.69, 9.17) is 5.73 Å². The molecule has 7 heteroatoms. The van der Waals surface area contributed by atoms with Crippen molar-refractivity contribution >= 4 is 28.7 Å². The first-order valence-electron chi connectivity index (χ1n) is 10.4. The van der Waals surface area contributed by atoms with Crippen molar-refractivity contribution < 1.29 is 4.79 Å². The number of carbonyl (C=O) groups excluding carboxylic acids is 1. The summed E-state index contributed by atoms with van der Waals surface area (Å²) in [6.07, 6.45) is 4.28. The van der Waals surface area contributed by atoms with Gasteiger partial charge in [-0.15, -0.1) is 0 Å². The number of fused-ring (bicyclic) bond motifs is 1. The summed E-state index contributed by atoms with van der Waals surface area (Å²) >= 11 is 0. The second-order valence-corrected chi connectivity index (χ2v) is 7.72. The van der Waals surface area contributed by atoms with Crippen molar-refractivity contribution in [3.63, 3.8) is 0 Å². The van der Waals surface area contributed by atoms with Crippen LogP contribution in [0.25, 0.3) is 16.6 Å². The van der Waals surface area contributed by atoms with E-state index in [-0.39, 0.29) is 6.03 Å². The van der Waals surface area contributed by atoms with Gasteiger partial charge in [0.25, 0.3) is 0 Å². The molecule has 7 nitrogen and oxygen atoms in total. The van der Waals surface area contributed by atoms with E-state index >= 15 is 0 Å². The number of anilines is 3. The maximum absolute atomic E-state index is 12.5. The maximum atomic E-state index is 12.5. The van der Waals surface area contributed by atoms with Crippen LogP contribution in [0.1, 0.15) is 37.8 Å². The molecule has 31 heavy (non-hydrogen) atoms. The van der Waals surface area contributed by atoms with Gasteiger partial charge in [-0.1, -0.05) is 51.1 Å². The van der Waals surface area contributed by atoms with Crippen molar-refractivity contribution in [3.05, 3.63) is 72.2 Å². The zero-order valence-corrected chi connectivity index (χ0v) is 17.9. The van der Waals surface area contributed by atoms with E-state index in [1.807, 2.05) is 54.7 Å². The topological polar surface area (TPSA) is 97.3 Å². The largest absolute Gasteiger partial charge is 0.382 e. The molecule has 0 aliphatic rings. The highest BCUT2D eigenvalue weighted by Gasteiger charge is 2.16. The zero-order chi connectivity index (χ0) is 22.0. The van der Waals surface area contributed by atoms with Crippen LogP contribution in [0.3, 0.4) is 0 Å². The van der Waals surface area contributed by atoms with Crippen LogP contribution < -0.4 is 16.4 Å². The summed E-state index contributed by atoms with van der Waals surface area (Å²) in [7, 11) is 0. The lowest BCUT2D eigenvalue weighted by Crippen LogP contribution is -2.20. The molecule has 2 aromatic carbocycles. The number of amides is 2. The van der Waals surface area contributed by atoms with Gasteiger partial charge >= 0.3 is 6.03 Å². The summed E-state index contributed by atoms with van der Waals surface area (Å²) in [6, 6.07) is 15.3. The molecule has 158 valence electrons. The quantitative estimate of drug-likeness (QED) is 0.412. The molecule has 0 saturated heterocycles. The van der Waals surface area contributed by atoms with Gasteiger partial charge in [-0.3, -0.25) is 0 Å². The molecule has 0 fully saturated rings. The lowest BCUT2D eigenvalue weighted by Gasteiger charge is -2.14. The number of hydrogen-bond acceptors (Lipinski definition) is 4. The predicted molar refractivity (Wildman–Crippen MR) is 125 cm³/mol. The fourth-order valence-electron chi connectivity index (χ4n) is 3.79. The van der Waals surface area contributed by atoms with Crippen LogP contribution in [0.5, 0.6) is 0 Å². The number of rotatable bonds is 5. The summed E-state index contributed by atoms with van der Waals surface area (Å²) in [5.41, 5.74) is 12.7. The van der Waals surface area contributed by atoms with Gasteiger partial charge in [0.1, 0.15) is 11.8 Å². The standard InChI is InChI=1S/C24H26N6O/c1-4-16-13-30-22(23(25)26-14-27-30)21(16)17-9-11-18(12-10-17)28-24(31)29-20-8-6-5-7-19(20)15(2)3/h5-15H,4H2,1-3H3,(H2,25,26,27)(H2,28,29,31). The molecule has 4 aromatic rings. The van der Waals surface area contributed by atoms with Gasteiger partial charge in [0.2, 0.25) is 0 Å². The highest BCUT2D eigenvalue weighted by molar-refractivity contribution is 6.00. The Morgan fingerprint density at radius 2 is 1.84 bits per heavy atom. The molecular formula is C24H26N6O. The second-order valence-electron chi connectivity index (χ2n) is 7.72. The SMILES string of the molecule is CCc1cn2ncnc(N)c2c1-c1ccc(NC(=O)Nc2ccccc2C(C)C)cc1. The van der Waals surface area contributed by atoms with E-state index in [1.54, 1.807) is 4.52 Å². The number of hydrogen-bond donors (Lipinski definition) is 3. The van der Waals surface area contributed by atoms with Gasteiger partial charge in [-0.05, 0) is 47.2 Å². The third-order valence-corrected chi connectivity index (χ3v) is 5.32. The highest BCUT2D eigenvalue weighted by atomic mass is 16.2. The van der Waals surface area contributed by atoms with Crippen LogP contribution >= 0.6 is 0 Å². The molecule has 0 unspecified atom stereocenters. The van der Waals surface area contributed by atoms with Gasteiger partial charge in [0.05, 0.1) is 0 Å². The maximum Gasteiger partial charge on any atom is 0.323 e. The summed E-state index contributed by atoms with van der Waals surface area (Å²) in [5, 5.41) is 10.1. The fourth-order valence-corrected chi connectivity index (χ4v) is 3.79. The molecule has 0 radical (unpaired) electrons. The van der Waals surface area contributed by atoms with Crippen molar-refractivity contribution in [2.45, 2.75) is 33.1 Å². The number of carbonyl (C=O) groups is 1. The molecule has 0 saturated carbocycles. The van der Waals surface area contributed by atoms with Crippen molar-refractivity contribution in [3.8, 4) is 11.1 Å². The Morgan fingerprint density at radius 1 is 1.10 bits per heavy atom. The molecule has 4 N–H and O–H groups in total. The first kappa shape index (κ1) is 20.4. The molecule has 0 atom stereocenters. The van der Waals surface area contributed by atoms with Crippen molar-refractivity contribution in [2.75, 3.05) is 16.4 Å². The van der Waals surface area contributed by atoms with Crippen molar-refractivity contribution in [2.24, 2.45) is 0 Å². The Kier molecular flexibility index (Phi) is 5.58. The molecule has 0 aliphatic heterocycles. The number of nitrogens with one attached hydrogen (secondary N) is 2. The number of nitrogens with zero attached hydrogens (tertiary/aromatic N) is 3. The first-order valence-corrected chi connectivity index (χ1v) is 10.4. The first-order chi connectivity index (χ1) is 15.0. The number of para-hydroxylation sites is 1. The van der Waals surface area contributed by atoms with Crippen molar-refractivity contribution in [1.82, 2.24) is 14.6 Å². The number of aryl methyl sites for hydroxylation is 1. The monoisotopic (exact) mass is 414 g/mol. The minimum absolute atomic E-state index is 0.276. The average molecular weight is 415 g/mol. The van der Waals surface area contributed by atoms with Crippen LogP contribution in [0.4, 0.5) is 22.0 Å². The van der Waals surface area contributed by atoms with Gasteiger partial charge in [0.15, 0.2) is 5.82 Å². The van der Waals surface area contributed by atoms with E-state index in [1.165, 1.54) is 6.33 Å². The number of urea groups is 1. The molecule has 0 spiro atoms. The fraction of sp³-hybridized carbons (Fsp3) is 0.208. The Bertz CT molecular complexity index is 1230. The van der Waals surface area contributed by atoms with E-state index < -0.39 is 0 Å². The lowest BCUT2D eigenvalue weighted by molar-refractivity contribution is 0.262. The third-order valence-electron chi connectivity index (χ3n) is 5.32. The zero-order valence-electron chi connectivity index (χ0n) is 17.9. The highest BCUT2D eigenvalue weighted by Crippen LogP contribution is 2.33. The molecule has 2 aromatic heterocycles. The Hall–Kier alpha value is -3.87. The lowest BCUT2D eigenvalue weighted by atomic mass is 10.0. The van der Waals surface area contributed by atoms with Gasteiger partial charge in [0, 0.05) is 23.1 Å². The second kappa shape index (κ2) is 8.47. The van der Waals surface area contributed by atoms with Gasteiger partial charge in [-0.2, -0.15) is 5.10 Å². The summed E-state index contributed by atoms with van der Waals surface area (Å²) < 4.78 is 1.77. The number of nitrogens with two attached hydrogens (primary N) is 1. The van der Waals surface area contributed by atoms with Crippen LogP contribution in [-0.2, 0) is 6.42 Å². The smallest absolute Gasteiger partial charge is 0.323 e. The average Bonchev–Trinajstić information content (AvgIpc) is 3.14. The summed E-state index contributed by atoms with van der Waals surface area (Å²) in [6.45, 7) is 6.30. The van der Waals surface area contributed by atoms with Crippen LogP contribution in [0.2, 0.25) is 0 Å². The van der Waals surface area contributed by atoms with Crippen LogP contribution in [-0.4, -0.2) is 20.6 Å². The van der Waals surface area contributed by atoms with Crippen molar-refractivity contribution in [1.29, 1.82) is 0 Å². The van der Waals surface area contributed by atoms with E-state index in [2.05, 4.69) is 41.5 Å². The predicted octanol–water partition coefficient (Wildman–Crippen LogP) is 5.31. The molecule has 0 aliphatic carbocycles. The Labute approximate surface area is 181 Å². The molecule has 4 rings (SSSR count). The minimum Gasteiger partial charge on any atom is -0.382 e. The summed E-state index contributed by atoms with van der Waals surface area (Å²) in [5.74, 6) is 0.757. The number of benzene rings is 2. The van der Waals surface area contributed by atoms with Gasteiger partial charge in [-0.25, -0.2) is 14.3 Å². The molecule has 0 bridgehead atoms. The molecular weight excluding hydrogens is 388 g/mol. The van der Waals surface area contributed by atoms with Crippen LogP contribution in [0.15, 0.2) is 61.1 Å². The van der Waals surface area contributed by atoms with E-state index in [0.717, 1.165) is 39.9 Å². The number of aromatic nitrogens is 3. The molecule has 2 amide bonds.